The number of hydrogen-bond donors (Lipinski definition) is 1. The van der Waals surface area contributed by atoms with Gasteiger partial charge in [-0.25, -0.2) is 4.98 Å². The van der Waals surface area contributed by atoms with Crippen LogP contribution in [0.2, 0.25) is 0 Å². The van der Waals surface area contributed by atoms with Crippen LogP contribution in [0.5, 0.6) is 11.5 Å². The van der Waals surface area contributed by atoms with Crippen LogP contribution in [0.3, 0.4) is 0 Å². The van der Waals surface area contributed by atoms with Gasteiger partial charge in [-0.3, -0.25) is 4.90 Å². The first-order valence-electron chi connectivity index (χ1n) is 10.4. The molecule has 1 N–H and O–H groups in total. The van der Waals surface area contributed by atoms with Gasteiger partial charge in [-0.1, -0.05) is 24.3 Å². The van der Waals surface area contributed by atoms with Crippen molar-refractivity contribution in [2.24, 2.45) is 0 Å². The second-order valence-corrected chi connectivity index (χ2v) is 8.68. The quantitative estimate of drug-likeness (QED) is 0.509. The molecule has 158 valence electrons. The van der Waals surface area contributed by atoms with Crippen molar-refractivity contribution in [1.82, 2.24) is 9.88 Å². The highest BCUT2D eigenvalue weighted by atomic mass is 32.1. The predicted octanol–water partition coefficient (Wildman–Crippen LogP) is 4.61. The van der Waals surface area contributed by atoms with Crippen molar-refractivity contribution in [2.45, 2.75) is 31.4 Å². The molecule has 1 saturated heterocycles. The van der Waals surface area contributed by atoms with Crippen molar-refractivity contribution in [3.63, 3.8) is 0 Å². The van der Waals surface area contributed by atoms with Crippen LogP contribution in [0.25, 0.3) is 10.2 Å². The molecule has 0 spiro atoms. The number of likely N-dealkylation sites (tertiary alicyclic amines) is 1. The molecule has 1 aromatic heterocycles. The number of hydrogen-bond acceptors (Lipinski definition) is 6. The van der Waals surface area contributed by atoms with Gasteiger partial charge in [0.05, 0.1) is 23.4 Å². The summed E-state index contributed by atoms with van der Waals surface area (Å²) in [6.07, 6.45) is 4.24. The number of para-hydroxylation sites is 1. The van der Waals surface area contributed by atoms with Crippen molar-refractivity contribution in [2.75, 3.05) is 26.8 Å². The third kappa shape index (κ3) is 4.67. The zero-order valence-electron chi connectivity index (χ0n) is 17.3. The van der Waals surface area contributed by atoms with Gasteiger partial charge in [0.25, 0.3) is 0 Å². The number of aliphatic hydroxyl groups is 1. The Hall–Kier alpha value is -2.41. The van der Waals surface area contributed by atoms with Crippen molar-refractivity contribution in [3.05, 3.63) is 65.7 Å². The Labute approximate surface area is 181 Å². The van der Waals surface area contributed by atoms with Crippen LogP contribution in [0.4, 0.5) is 0 Å². The predicted molar refractivity (Wildman–Crippen MR) is 122 cm³/mol. The monoisotopic (exact) mass is 424 g/mol. The molecule has 2 heterocycles. The largest absolute Gasteiger partial charge is 0.493 e. The minimum Gasteiger partial charge on any atom is -0.493 e. The van der Waals surface area contributed by atoms with Crippen molar-refractivity contribution in [1.29, 1.82) is 0 Å². The third-order valence-corrected chi connectivity index (χ3v) is 6.58. The Bertz CT molecular complexity index is 970. The van der Waals surface area contributed by atoms with Crippen molar-refractivity contribution >= 4 is 21.6 Å². The van der Waals surface area contributed by atoms with E-state index in [0.717, 1.165) is 41.9 Å². The summed E-state index contributed by atoms with van der Waals surface area (Å²) in [6, 6.07) is 14.4. The first-order chi connectivity index (χ1) is 14.7. The zero-order valence-corrected chi connectivity index (χ0v) is 18.1. The average Bonchev–Trinajstić information content (AvgIpc) is 3.39. The summed E-state index contributed by atoms with van der Waals surface area (Å²) >= 11 is 1.76. The fourth-order valence-corrected chi connectivity index (χ4v) is 5.13. The van der Waals surface area contributed by atoms with Gasteiger partial charge in [0.15, 0.2) is 11.5 Å². The van der Waals surface area contributed by atoms with Crippen LogP contribution >= 0.6 is 11.3 Å². The Morgan fingerprint density at radius 1 is 1.30 bits per heavy atom. The summed E-state index contributed by atoms with van der Waals surface area (Å²) in [4.78, 5) is 7.16. The molecule has 6 heteroatoms. The van der Waals surface area contributed by atoms with Crippen LogP contribution < -0.4 is 9.47 Å². The van der Waals surface area contributed by atoms with Crippen LogP contribution in [-0.2, 0) is 6.42 Å². The SMILES string of the molecule is C=CCc1ccc(OCC(O)CN2CCCC2c2nc3ccccc3s2)c(OC)c1. The third-order valence-electron chi connectivity index (χ3n) is 5.44. The van der Waals surface area contributed by atoms with Crippen molar-refractivity contribution < 1.29 is 14.6 Å². The minimum atomic E-state index is -0.586. The van der Waals surface area contributed by atoms with E-state index in [4.69, 9.17) is 14.5 Å². The fourth-order valence-electron chi connectivity index (χ4n) is 3.99. The highest BCUT2D eigenvalue weighted by Gasteiger charge is 2.30. The molecule has 4 rings (SSSR count). The summed E-state index contributed by atoms with van der Waals surface area (Å²) in [7, 11) is 1.63. The first kappa shape index (κ1) is 20.8. The topological polar surface area (TPSA) is 54.8 Å². The zero-order chi connectivity index (χ0) is 20.9. The van der Waals surface area contributed by atoms with Gasteiger partial charge in [0, 0.05) is 6.54 Å². The molecule has 0 saturated carbocycles. The van der Waals surface area contributed by atoms with Gasteiger partial charge in [-0.15, -0.1) is 17.9 Å². The van der Waals surface area contributed by atoms with Crippen LogP contribution in [0.15, 0.2) is 55.1 Å². The number of thiazole rings is 1. The first-order valence-corrected chi connectivity index (χ1v) is 11.2. The number of nitrogens with zero attached hydrogens (tertiary/aromatic N) is 2. The number of fused-ring (bicyclic) bond motifs is 1. The number of benzene rings is 2. The molecule has 1 fully saturated rings. The van der Waals surface area contributed by atoms with E-state index in [2.05, 4.69) is 29.7 Å². The van der Waals surface area contributed by atoms with Gasteiger partial charge in [-0.05, 0) is 55.6 Å². The molecule has 0 aliphatic carbocycles. The normalized spacial score (nSPS) is 17.9. The Morgan fingerprint density at radius 3 is 2.97 bits per heavy atom. The molecule has 0 radical (unpaired) electrons. The van der Waals surface area contributed by atoms with E-state index in [1.54, 1.807) is 18.4 Å². The van der Waals surface area contributed by atoms with Crippen molar-refractivity contribution in [3.8, 4) is 11.5 Å². The number of methoxy groups -OCH3 is 1. The molecule has 3 aromatic rings. The van der Waals surface area contributed by atoms with Crippen LogP contribution in [0.1, 0.15) is 29.5 Å². The highest BCUT2D eigenvalue weighted by Crippen LogP contribution is 2.36. The fraction of sp³-hybridized carbons (Fsp3) is 0.375. The molecular formula is C24H28N2O3S. The summed E-state index contributed by atoms with van der Waals surface area (Å²) in [5, 5.41) is 11.8. The van der Waals surface area contributed by atoms with E-state index in [1.165, 1.54) is 4.70 Å². The number of rotatable bonds is 9. The number of β-amino-alcohol motifs (C(OH)–C–C–N with tert-alkyl or cyclic N) is 1. The lowest BCUT2D eigenvalue weighted by molar-refractivity contribution is 0.0629. The molecule has 30 heavy (non-hydrogen) atoms. The number of aliphatic hydroxyl groups excluding tert-OH is 1. The van der Waals surface area contributed by atoms with Gasteiger partial charge in [0.1, 0.15) is 17.7 Å². The lowest BCUT2D eigenvalue weighted by Gasteiger charge is -2.25. The summed E-state index contributed by atoms with van der Waals surface area (Å²) < 4.78 is 12.5. The highest BCUT2D eigenvalue weighted by molar-refractivity contribution is 7.18. The van der Waals surface area contributed by atoms with E-state index in [0.29, 0.717) is 18.0 Å². The lowest BCUT2D eigenvalue weighted by atomic mass is 10.1. The van der Waals surface area contributed by atoms with E-state index in [1.807, 2.05) is 30.3 Å². The molecule has 5 nitrogen and oxygen atoms in total. The van der Waals surface area contributed by atoms with Gasteiger partial charge >= 0.3 is 0 Å². The Kier molecular flexibility index (Phi) is 6.67. The summed E-state index contributed by atoms with van der Waals surface area (Å²) in [5.74, 6) is 1.32. The molecule has 2 atom stereocenters. The summed E-state index contributed by atoms with van der Waals surface area (Å²) in [6.45, 7) is 5.53. The molecule has 2 aromatic carbocycles. The minimum absolute atomic E-state index is 0.222. The van der Waals surface area contributed by atoms with Gasteiger partial charge in [-0.2, -0.15) is 0 Å². The summed E-state index contributed by atoms with van der Waals surface area (Å²) in [5.41, 5.74) is 2.17. The molecule has 2 unspecified atom stereocenters. The second kappa shape index (κ2) is 9.60. The van der Waals surface area contributed by atoms with E-state index < -0.39 is 6.10 Å². The van der Waals surface area contributed by atoms with Crippen LogP contribution in [-0.4, -0.2) is 47.9 Å². The van der Waals surface area contributed by atoms with E-state index in [-0.39, 0.29) is 12.6 Å². The molecule has 1 aliphatic heterocycles. The molecule has 0 amide bonds. The van der Waals surface area contributed by atoms with E-state index in [9.17, 15) is 5.11 Å². The lowest BCUT2D eigenvalue weighted by Crippen LogP contribution is -2.35. The van der Waals surface area contributed by atoms with Gasteiger partial charge < -0.3 is 14.6 Å². The Balaban J connectivity index is 1.37. The maximum atomic E-state index is 10.6. The average molecular weight is 425 g/mol. The maximum absolute atomic E-state index is 10.6. The smallest absolute Gasteiger partial charge is 0.161 e. The van der Waals surface area contributed by atoms with Gasteiger partial charge in [0.2, 0.25) is 0 Å². The second-order valence-electron chi connectivity index (χ2n) is 7.62. The number of aromatic nitrogens is 1. The Morgan fingerprint density at radius 2 is 2.17 bits per heavy atom. The molecular weight excluding hydrogens is 396 g/mol. The standard InChI is InChI=1S/C24H28N2O3S/c1-3-7-17-11-12-21(22(14-17)28-2)29-16-18(27)15-26-13-6-9-20(26)24-25-19-8-4-5-10-23(19)30-24/h3-5,8,10-12,14,18,20,27H,1,6-7,9,13,15-16H2,2H3. The number of ether oxygens (including phenoxy) is 2. The maximum Gasteiger partial charge on any atom is 0.161 e. The van der Waals surface area contributed by atoms with E-state index >= 15 is 0 Å². The molecule has 1 aliphatic rings. The number of allylic oxidation sites excluding steroid dienone is 1. The van der Waals surface area contributed by atoms with Crippen LogP contribution in [0, 0.1) is 0 Å². The molecule has 0 bridgehead atoms.